The first-order valence-corrected chi connectivity index (χ1v) is 4.26. The van der Waals surface area contributed by atoms with Gasteiger partial charge in [-0.05, 0) is 13.8 Å². The maximum Gasteiger partial charge on any atom is 0.418 e. The van der Waals surface area contributed by atoms with Gasteiger partial charge in [0.2, 0.25) is 5.91 Å². The SMILES string of the molecule is CCOC(=O)N1C=CNC(=O)C=C1C. The number of rotatable bonds is 1. The van der Waals surface area contributed by atoms with Gasteiger partial charge in [0, 0.05) is 24.2 Å². The number of nitrogens with zero attached hydrogens (tertiary/aromatic N) is 1. The molecule has 1 N–H and O–H groups in total. The standard InChI is InChI=1S/C9H12N2O3/c1-3-14-9(13)11-5-4-10-8(12)6-7(11)2/h4-6H,3H2,1-2H3,(H,10,12). The fraction of sp³-hybridized carbons (Fsp3) is 0.333. The van der Waals surface area contributed by atoms with Gasteiger partial charge in [-0.1, -0.05) is 0 Å². The molecule has 1 rings (SSSR count). The lowest BCUT2D eigenvalue weighted by Crippen LogP contribution is -2.24. The average molecular weight is 196 g/mol. The van der Waals surface area contributed by atoms with E-state index in [4.69, 9.17) is 4.74 Å². The Morgan fingerprint density at radius 3 is 3.00 bits per heavy atom. The Labute approximate surface area is 82.0 Å². The number of nitrogens with one attached hydrogen (secondary N) is 1. The first-order chi connectivity index (χ1) is 6.65. The Balaban J connectivity index is 2.82. The molecule has 5 heteroatoms. The first-order valence-electron chi connectivity index (χ1n) is 4.26. The molecule has 0 aromatic rings. The highest BCUT2D eigenvalue weighted by Crippen LogP contribution is 2.08. The lowest BCUT2D eigenvalue weighted by atomic mass is 10.4. The highest BCUT2D eigenvalue weighted by molar-refractivity contribution is 5.90. The number of carbonyl (C=O) groups is 2. The van der Waals surface area contributed by atoms with Crippen LogP contribution in [0, 0.1) is 0 Å². The van der Waals surface area contributed by atoms with E-state index in [-0.39, 0.29) is 5.91 Å². The van der Waals surface area contributed by atoms with Crippen LogP contribution in [0.4, 0.5) is 4.79 Å². The van der Waals surface area contributed by atoms with Gasteiger partial charge < -0.3 is 10.1 Å². The fourth-order valence-corrected chi connectivity index (χ4v) is 1.01. The van der Waals surface area contributed by atoms with Crippen LogP contribution < -0.4 is 5.32 Å². The van der Waals surface area contributed by atoms with Crippen LogP contribution in [-0.4, -0.2) is 23.5 Å². The van der Waals surface area contributed by atoms with E-state index in [1.165, 1.54) is 23.4 Å². The van der Waals surface area contributed by atoms with Crippen molar-refractivity contribution in [1.82, 2.24) is 10.2 Å². The molecule has 0 bridgehead atoms. The lowest BCUT2D eigenvalue weighted by molar-refractivity contribution is -0.115. The molecule has 0 atom stereocenters. The van der Waals surface area contributed by atoms with E-state index in [1.807, 2.05) is 0 Å². The molecule has 0 unspecified atom stereocenters. The largest absolute Gasteiger partial charge is 0.449 e. The van der Waals surface area contributed by atoms with Crippen molar-refractivity contribution in [2.75, 3.05) is 6.61 Å². The molecule has 0 saturated heterocycles. The van der Waals surface area contributed by atoms with Crippen molar-refractivity contribution < 1.29 is 14.3 Å². The summed E-state index contributed by atoms with van der Waals surface area (Å²) in [5.41, 5.74) is 0.523. The average Bonchev–Trinajstić information content (AvgIpc) is 2.27. The zero-order chi connectivity index (χ0) is 10.6. The van der Waals surface area contributed by atoms with Crippen LogP contribution in [0.25, 0.3) is 0 Å². The van der Waals surface area contributed by atoms with Crippen LogP contribution in [0.15, 0.2) is 24.2 Å². The molecule has 1 aliphatic rings. The third-order valence-corrected chi connectivity index (χ3v) is 1.63. The number of allylic oxidation sites excluding steroid dienone is 1. The molecule has 1 heterocycles. The molecular weight excluding hydrogens is 184 g/mol. The van der Waals surface area contributed by atoms with Gasteiger partial charge in [0.05, 0.1) is 6.61 Å². The van der Waals surface area contributed by atoms with Gasteiger partial charge in [-0.2, -0.15) is 0 Å². The highest BCUT2D eigenvalue weighted by Gasteiger charge is 2.16. The first kappa shape index (κ1) is 10.3. The van der Waals surface area contributed by atoms with Gasteiger partial charge in [0.15, 0.2) is 0 Å². The van der Waals surface area contributed by atoms with Gasteiger partial charge in [-0.3, -0.25) is 9.69 Å². The van der Waals surface area contributed by atoms with E-state index in [1.54, 1.807) is 13.8 Å². The van der Waals surface area contributed by atoms with Crippen molar-refractivity contribution in [2.24, 2.45) is 0 Å². The topological polar surface area (TPSA) is 58.6 Å². The van der Waals surface area contributed by atoms with Gasteiger partial charge >= 0.3 is 6.09 Å². The zero-order valence-corrected chi connectivity index (χ0v) is 8.11. The molecule has 5 nitrogen and oxygen atoms in total. The van der Waals surface area contributed by atoms with E-state index < -0.39 is 6.09 Å². The molecule has 0 aromatic heterocycles. The minimum absolute atomic E-state index is 0.259. The van der Waals surface area contributed by atoms with Gasteiger partial charge in [0.25, 0.3) is 0 Å². The van der Waals surface area contributed by atoms with Crippen molar-refractivity contribution in [3.05, 3.63) is 24.2 Å². The van der Waals surface area contributed by atoms with E-state index in [2.05, 4.69) is 5.32 Å². The summed E-state index contributed by atoms with van der Waals surface area (Å²) >= 11 is 0. The molecule has 0 aromatic carbocycles. The van der Waals surface area contributed by atoms with Gasteiger partial charge in [-0.15, -0.1) is 0 Å². The fourth-order valence-electron chi connectivity index (χ4n) is 1.01. The second-order valence-corrected chi connectivity index (χ2v) is 2.68. The minimum atomic E-state index is -0.492. The third kappa shape index (κ3) is 2.35. The predicted octanol–water partition coefficient (Wildman–Crippen LogP) is 0.950. The van der Waals surface area contributed by atoms with Crippen LogP contribution in [-0.2, 0) is 9.53 Å². The molecule has 0 fully saturated rings. The molecule has 0 saturated carbocycles. The summed E-state index contributed by atoms with van der Waals surface area (Å²) in [6, 6.07) is 0. The summed E-state index contributed by atoms with van der Waals surface area (Å²) in [6.45, 7) is 3.69. The van der Waals surface area contributed by atoms with Crippen molar-refractivity contribution >= 4 is 12.0 Å². The summed E-state index contributed by atoms with van der Waals surface area (Å²) in [6.07, 6.45) is 3.69. The van der Waals surface area contributed by atoms with Crippen LogP contribution in [0.5, 0.6) is 0 Å². The number of amides is 2. The second-order valence-electron chi connectivity index (χ2n) is 2.68. The molecule has 1 aliphatic heterocycles. The number of hydrogen-bond acceptors (Lipinski definition) is 3. The quantitative estimate of drug-likeness (QED) is 0.679. The summed E-state index contributed by atoms with van der Waals surface area (Å²) < 4.78 is 4.80. The highest BCUT2D eigenvalue weighted by atomic mass is 16.6. The number of ether oxygens (including phenoxy) is 1. The Kier molecular flexibility index (Phi) is 3.28. The minimum Gasteiger partial charge on any atom is -0.449 e. The van der Waals surface area contributed by atoms with E-state index in [9.17, 15) is 9.59 Å². The smallest absolute Gasteiger partial charge is 0.418 e. The van der Waals surface area contributed by atoms with Gasteiger partial charge in [0.1, 0.15) is 0 Å². The van der Waals surface area contributed by atoms with Crippen LogP contribution >= 0.6 is 0 Å². The van der Waals surface area contributed by atoms with Crippen molar-refractivity contribution in [3.63, 3.8) is 0 Å². The van der Waals surface area contributed by atoms with E-state index in [0.29, 0.717) is 12.3 Å². The molecule has 0 spiro atoms. The normalized spacial score (nSPS) is 15.7. The molecule has 76 valence electrons. The lowest BCUT2D eigenvalue weighted by Gasteiger charge is -2.16. The molecule has 14 heavy (non-hydrogen) atoms. The molecule has 2 amide bonds. The molecule has 0 aliphatic carbocycles. The number of hydrogen-bond donors (Lipinski definition) is 1. The van der Waals surface area contributed by atoms with Crippen molar-refractivity contribution in [1.29, 1.82) is 0 Å². The Bertz CT molecular complexity index is 307. The Morgan fingerprint density at radius 1 is 1.64 bits per heavy atom. The van der Waals surface area contributed by atoms with E-state index in [0.717, 1.165) is 0 Å². The van der Waals surface area contributed by atoms with E-state index >= 15 is 0 Å². The Hall–Kier alpha value is -1.78. The summed E-state index contributed by atoms with van der Waals surface area (Å²) in [4.78, 5) is 23.6. The Morgan fingerprint density at radius 2 is 2.36 bits per heavy atom. The zero-order valence-electron chi connectivity index (χ0n) is 8.11. The molecular formula is C9H12N2O3. The maximum atomic E-state index is 11.3. The van der Waals surface area contributed by atoms with Gasteiger partial charge in [-0.25, -0.2) is 4.79 Å². The third-order valence-electron chi connectivity index (χ3n) is 1.63. The summed E-state index contributed by atoms with van der Waals surface area (Å²) in [5, 5.41) is 2.46. The van der Waals surface area contributed by atoms with Crippen LogP contribution in [0.1, 0.15) is 13.8 Å². The second kappa shape index (κ2) is 4.45. The summed E-state index contributed by atoms with van der Waals surface area (Å²) in [7, 11) is 0. The molecule has 0 radical (unpaired) electrons. The van der Waals surface area contributed by atoms with Crippen LogP contribution in [0.3, 0.4) is 0 Å². The van der Waals surface area contributed by atoms with Crippen LogP contribution in [0.2, 0.25) is 0 Å². The van der Waals surface area contributed by atoms with Crippen molar-refractivity contribution in [3.8, 4) is 0 Å². The summed E-state index contributed by atoms with van der Waals surface area (Å²) in [5.74, 6) is -0.259. The number of carbonyl (C=O) groups excluding carboxylic acids is 2. The monoisotopic (exact) mass is 196 g/mol. The van der Waals surface area contributed by atoms with Crippen molar-refractivity contribution in [2.45, 2.75) is 13.8 Å². The predicted molar refractivity (Wildman–Crippen MR) is 49.9 cm³/mol. The maximum absolute atomic E-state index is 11.3.